The highest BCUT2D eigenvalue weighted by atomic mass is 35.5. The van der Waals surface area contributed by atoms with Gasteiger partial charge in [-0.25, -0.2) is 13.2 Å². The highest BCUT2D eigenvalue weighted by Gasteiger charge is 2.49. The number of halogens is 4. The lowest BCUT2D eigenvalue weighted by atomic mass is 9.96. The van der Waals surface area contributed by atoms with E-state index in [0.717, 1.165) is 39.2 Å². The average Bonchev–Trinajstić information content (AvgIpc) is 3.96. The summed E-state index contributed by atoms with van der Waals surface area (Å²) in [6, 6.07) is 35.3. The number of aromatic nitrogens is 1. The fourth-order valence-corrected chi connectivity index (χ4v) is 14.8. The predicted octanol–water partition coefficient (Wildman–Crippen LogP) is 11.5. The van der Waals surface area contributed by atoms with Gasteiger partial charge in [0.2, 0.25) is 0 Å². The predicted molar refractivity (Wildman–Crippen MR) is 294 cm³/mol. The molecule has 20 heteroatoms. The van der Waals surface area contributed by atoms with E-state index >= 15 is 0 Å². The van der Waals surface area contributed by atoms with Crippen molar-refractivity contribution in [1.82, 2.24) is 9.47 Å². The van der Waals surface area contributed by atoms with Crippen molar-refractivity contribution in [2.24, 2.45) is 0 Å². The van der Waals surface area contributed by atoms with E-state index in [-0.39, 0.29) is 41.9 Å². The number of aromatic carboxylic acids is 1. The second-order valence-corrected chi connectivity index (χ2v) is 25.2. The van der Waals surface area contributed by atoms with Gasteiger partial charge in [-0.3, -0.25) is 9.24 Å². The molecule has 3 N–H and O–H groups in total. The summed E-state index contributed by atoms with van der Waals surface area (Å²) in [5, 5.41) is 24.2. The minimum atomic E-state index is -5.94. The number of rotatable bonds is 17. The van der Waals surface area contributed by atoms with E-state index in [9.17, 15) is 41.2 Å². The highest BCUT2D eigenvalue weighted by Crippen LogP contribution is 2.56. The standard InChI is InChI=1S/C55H61ClF3N6O7PS2/c1-37(2)65-38(3)51(54(67)68)52(53(65)39-12-14-41(56)15-13-39)40-8-7-9-45(34-40)63-30-28-62(29-31-63)43-16-18-44(19-17-43)64-32-33-72-73(64,69)47-20-21-49(50(35-47)75(70,71)55(57,58)59)60-42(36-74-48-10-5-4-6-11-48)22-25-61-26-23-46(66)24-27-61/h4-21,34-35,37,42,46,60,66H,22-33,36H2,1-3H3,(H,67,68)/t42-,73?/m1/s1. The molecular formula is C55H61ClF3N6O7PS2. The van der Waals surface area contributed by atoms with Crippen molar-refractivity contribution in [3.05, 3.63) is 138 Å². The van der Waals surface area contributed by atoms with Gasteiger partial charge in [0, 0.05) is 102 Å². The number of thioether (sulfide) groups is 1. The van der Waals surface area contributed by atoms with Crippen molar-refractivity contribution < 1.29 is 45.7 Å². The molecule has 0 saturated carbocycles. The molecule has 0 bridgehead atoms. The number of alkyl halides is 3. The SMILES string of the molecule is Cc1c(C(=O)O)c(-c2cccc(N3CCN(c4ccc(N5CCOP5(=O)c5ccc(N[C@H](CCN6CCC(O)CC6)CSc6ccccc6)c(S(=O)(=O)C(F)(F)F)c5)cc4)CC3)c2)c(-c2ccc(Cl)cc2)n1C(C)C. The molecule has 1 aromatic heterocycles. The average molecular weight is 1110 g/mol. The van der Waals surface area contributed by atoms with E-state index in [0.29, 0.717) is 92.8 Å². The minimum Gasteiger partial charge on any atom is -0.478 e. The van der Waals surface area contributed by atoms with Crippen LogP contribution >= 0.6 is 30.9 Å². The van der Waals surface area contributed by atoms with Gasteiger partial charge < -0.3 is 39.3 Å². The third-order valence-electron chi connectivity index (χ3n) is 14.3. The van der Waals surface area contributed by atoms with Crippen molar-refractivity contribution in [2.45, 2.75) is 73.5 Å². The molecule has 3 aliphatic heterocycles. The van der Waals surface area contributed by atoms with E-state index in [1.54, 1.807) is 24.3 Å². The maximum atomic E-state index is 15.0. The zero-order valence-electron chi connectivity index (χ0n) is 41.9. The second-order valence-electron chi connectivity index (χ2n) is 19.4. The van der Waals surface area contributed by atoms with Gasteiger partial charge in [0.05, 0.1) is 41.5 Å². The van der Waals surface area contributed by atoms with Crippen LogP contribution in [0, 0.1) is 6.92 Å². The van der Waals surface area contributed by atoms with Crippen LogP contribution in [-0.2, 0) is 18.9 Å². The first-order valence-corrected chi connectivity index (χ1v) is 29.5. The fourth-order valence-electron chi connectivity index (χ4n) is 10.4. The number of benzene rings is 5. The number of carbonyl (C=O) groups is 1. The van der Waals surface area contributed by atoms with Gasteiger partial charge in [-0.1, -0.05) is 54.1 Å². The summed E-state index contributed by atoms with van der Waals surface area (Å²) in [6.45, 7) is 10.6. The number of anilines is 4. The maximum Gasteiger partial charge on any atom is 0.501 e. The van der Waals surface area contributed by atoms with Crippen molar-refractivity contribution in [3.8, 4) is 22.4 Å². The van der Waals surface area contributed by atoms with Crippen LogP contribution in [0.5, 0.6) is 0 Å². The Labute approximate surface area is 445 Å². The second kappa shape index (κ2) is 22.6. The normalized spacial score (nSPS) is 18.5. The van der Waals surface area contributed by atoms with Crippen LogP contribution in [0.25, 0.3) is 22.4 Å². The number of carboxylic acid groups (broad SMARTS) is 1. The Balaban J connectivity index is 0.923. The number of nitrogens with one attached hydrogen (secondary N) is 1. The topological polar surface area (TPSA) is 148 Å². The van der Waals surface area contributed by atoms with Crippen LogP contribution < -0.4 is 25.1 Å². The van der Waals surface area contributed by atoms with Crippen molar-refractivity contribution in [2.75, 3.05) is 84.5 Å². The van der Waals surface area contributed by atoms with Gasteiger partial charge in [0.25, 0.3) is 9.84 Å². The molecule has 398 valence electrons. The Morgan fingerprint density at radius 2 is 1.48 bits per heavy atom. The largest absolute Gasteiger partial charge is 0.501 e. The number of hydrogen-bond donors (Lipinski definition) is 3. The number of piperazine rings is 1. The molecule has 2 atom stereocenters. The lowest BCUT2D eigenvalue weighted by molar-refractivity contribution is -0.0435. The van der Waals surface area contributed by atoms with Gasteiger partial charge in [0.1, 0.15) is 4.90 Å². The van der Waals surface area contributed by atoms with Crippen LogP contribution in [0.15, 0.2) is 131 Å². The molecule has 3 fully saturated rings. The number of likely N-dealkylation sites (tertiary alicyclic amines) is 1. The van der Waals surface area contributed by atoms with Crippen LogP contribution in [0.2, 0.25) is 5.02 Å². The van der Waals surface area contributed by atoms with Crippen molar-refractivity contribution >= 4 is 74.7 Å². The van der Waals surface area contributed by atoms with E-state index < -0.39 is 39.8 Å². The van der Waals surface area contributed by atoms with Crippen molar-refractivity contribution in [3.63, 3.8) is 0 Å². The first-order valence-electron chi connectivity index (χ1n) is 25.1. The molecule has 0 amide bonds. The number of nitrogens with zero attached hydrogens (tertiary/aromatic N) is 5. The summed E-state index contributed by atoms with van der Waals surface area (Å²) in [6.07, 6.45) is 1.35. The molecule has 0 radical (unpaired) electrons. The lowest BCUT2D eigenvalue weighted by Crippen LogP contribution is -2.46. The monoisotopic (exact) mass is 1100 g/mol. The Kier molecular flexibility index (Phi) is 16.4. The molecule has 9 rings (SSSR count). The number of hydrogen-bond acceptors (Lipinski definition) is 11. The number of piperidine rings is 1. The molecule has 3 saturated heterocycles. The molecule has 1 unspecified atom stereocenters. The molecule has 4 heterocycles. The quantitative estimate of drug-likeness (QED) is 0.0588. The van der Waals surface area contributed by atoms with Gasteiger partial charge in [0.15, 0.2) is 0 Å². The number of carboxylic acids is 1. The summed E-state index contributed by atoms with van der Waals surface area (Å²) in [5.41, 5.74) is 0.478. The van der Waals surface area contributed by atoms with Gasteiger partial charge >= 0.3 is 19.0 Å². The molecule has 6 aromatic rings. The van der Waals surface area contributed by atoms with E-state index in [4.69, 9.17) is 16.1 Å². The smallest absolute Gasteiger partial charge is 0.478 e. The van der Waals surface area contributed by atoms with E-state index in [1.165, 1.54) is 28.6 Å². The first-order chi connectivity index (χ1) is 35.8. The Bertz CT molecular complexity index is 3150. The summed E-state index contributed by atoms with van der Waals surface area (Å²) >= 11 is 7.77. The Morgan fingerprint density at radius 3 is 2.12 bits per heavy atom. The Morgan fingerprint density at radius 1 is 0.827 bits per heavy atom. The third-order valence-corrected chi connectivity index (χ3v) is 19.8. The lowest BCUT2D eigenvalue weighted by Gasteiger charge is -2.37. The summed E-state index contributed by atoms with van der Waals surface area (Å²) in [5.74, 6) is -0.586. The molecule has 0 spiro atoms. The molecule has 5 aromatic carbocycles. The summed E-state index contributed by atoms with van der Waals surface area (Å²) in [7, 11) is -10.1. The molecular weight excluding hydrogens is 1040 g/mol. The van der Waals surface area contributed by atoms with Crippen LogP contribution in [-0.4, -0.2) is 116 Å². The first kappa shape index (κ1) is 54.3. The highest BCUT2D eigenvalue weighted by molar-refractivity contribution is 7.99. The van der Waals surface area contributed by atoms with E-state index in [1.807, 2.05) is 99.6 Å². The molecule has 0 aliphatic carbocycles. The molecule has 75 heavy (non-hydrogen) atoms. The maximum absolute atomic E-state index is 15.0. The number of sulfone groups is 1. The fraction of sp³-hybridized carbons (Fsp3) is 0.364. The van der Waals surface area contributed by atoms with Crippen LogP contribution in [0.4, 0.5) is 35.9 Å². The van der Waals surface area contributed by atoms with Crippen molar-refractivity contribution in [1.29, 1.82) is 0 Å². The van der Waals surface area contributed by atoms with Crippen LogP contribution in [0.3, 0.4) is 0 Å². The third kappa shape index (κ3) is 11.6. The van der Waals surface area contributed by atoms with E-state index in [2.05, 4.69) is 24.6 Å². The number of aliphatic hydroxyl groups is 1. The summed E-state index contributed by atoms with van der Waals surface area (Å²) < 4.78 is 94.8. The molecule has 3 aliphatic rings. The zero-order chi connectivity index (χ0) is 53.2. The number of aliphatic hydroxyl groups excluding tert-OH is 1. The Hall–Kier alpha value is -5.46. The van der Waals surface area contributed by atoms with Crippen LogP contribution in [0.1, 0.15) is 55.2 Å². The zero-order valence-corrected chi connectivity index (χ0v) is 45.2. The minimum absolute atomic E-state index is 0.000916. The molecule has 13 nitrogen and oxygen atoms in total. The summed E-state index contributed by atoms with van der Waals surface area (Å²) in [4.78, 5) is 19.5. The van der Waals surface area contributed by atoms with Gasteiger partial charge in [-0.15, -0.1) is 11.8 Å². The van der Waals surface area contributed by atoms with Gasteiger partial charge in [-0.05, 0) is 130 Å². The van der Waals surface area contributed by atoms with Gasteiger partial charge in [-0.2, -0.15) is 13.2 Å².